The minimum Gasteiger partial charge on any atom is -0.496 e. The van der Waals surface area contributed by atoms with Crippen molar-refractivity contribution in [3.8, 4) is 5.75 Å². The number of hydroxylamine groups is 2. The van der Waals surface area contributed by atoms with Crippen LogP contribution in [0.4, 0.5) is 5.69 Å². The summed E-state index contributed by atoms with van der Waals surface area (Å²) in [6.45, 7) is 2.51. The molecular formula is C11H16N2O2. The quantitative estimate of drug-likeness (QED) is 0.763. The highest BCUT2D eigenvalue weighted by Crippen LogP contribution is 2.23. The molecule has 0 spiro atoms. The lowest BCUT2D eigenvalue weighted by Gasteiger charge is -2.16. The highest BCUT2D eigenvalue weighted by molar-refractivity contribution is 5.47. The van der Waals surface area contributed by atoms with E-state index in [1.165, 1.54) is 0 Å². The van der Waals surface area contributed by atoms with Gasteiger partial charge in [0.2, 0.25) is 0 Å². The molecule has 0 bridgehead atoms. The Hall–Kier alpha value is -1.26. The van der Waals surface area contributed by atoms with E-state index in [0.717, 1.165) is 43.1 Å². The van der Waals surface area contributed by atoms with Gasteiger partial charge in [0.1, 0.15) is 5.75 Å². The van der Waals surface area contributed by atoms with Gasteiger partial charge in [-0.3, -0.25) is 4.84 Å². The van der Waals surface area contributed by atoms with Crippen LogP contribution in [0.2, 0.25) is 0 Å². The predicted octanol–water partition coefficient (Wildman–Crippen LogP) is 1.41. The molecule has 1 heterocycles. The number of nitrogens with zero attached hydrogens (tertiary/aromatic N) is 1. The molecule has 0 unspecified atom stereocenters. The standard InChI is InChI=1S/C11H16N2O2/c1-14-11-4-3-10(12)7-9(11)8-13-5-2-6-15-13/h3-4,7H,2,5-6,8,12H2,1H3. The van der Waals surface area contributed by atoms with E-state index in [4.69, 9.17) is 15.3 Å². The Morgan fingerprint density at radius 2 is 2.40 bits per heavy atom. The lowest BCUT2D eigenvalue weighted by molar-refractivity contribution is -0.117. The molecule has 0 aromatic heterocycles. The summed E-state index contributed by atoms with van der Waals surface area (Å²) in [6, 6.07) is 5.66. The van der Waals surface area contributed by atoms with Gasteiger partial charge in [-0.05, 0) is 24.6 Å². The van der Waals surface area contributed by atoms with Gasteiger partial charge >= 0.3 is 0 Å². The highest BCUT2D eigenvalue weighted by Gasteiger charge is 2.15. The first kappa shape index (κ1) is 10.3. The van der Waals surface area contributed by atoms with Crippen LogP contribution < -0.4 is 10.5 Å². The van der Waals surface area contributed by atoms with Crippen molar-refractivity contribution in [1.29, 1.82) is 0 Å². The van der Waals surface area contributed by atoms with Crippen LogP contribution in [0.25, 0.3) is 0 Å². The SMILES string of the molecule is COc1ccc(N)cc1CN1CCCO1. The first-order chi connectivity index (χ1) is 7.29. The smallest absolute Gasteiger partial charge is 0.123 e. The fraction of sp³-hybridized carbons (Fsp3) is 0.455. The molecule has 1 fully saturated rings. The summed E-state index contributed by atoms with van der Waals surface area (Å²) in [5, 5.41) is 1.94. The molecule has 1 aromatic carbocycles. The van der Waals surface area contributed by atoms with Gasteiger partial charge in [-0.1, -0.05) is 0 Å². The van der Waals surface area contributed by atoms with E-state index in [0.29, 0.717) is 0 Å². The average molecular weight is 208 g/mol. The number of benzene rings is 1. The van der Waals surface area contributed by atoms with E-state index >= 15 is 0 Å². The van der Waals surface area contributed by atoms with Crippen LogP contribution in [0.3, 0.4) is 0 Å². The second-order valence-corrected chi connectivity index (χ2v) is 3.62. The summed E-state index contributed by atoms with van der Waals surface area (Å²) >= 11 is 0. The Kier molecular flexibility index (Phi) is 3.08. The van der Waals surface area contributed by atoms with Gasteiger partial charge in [0, 0.05) is 17.8 Å². The van der Waals surface area contributed by atoms with Crippen molar-refractivity contribution in [2.45, 2.75) is 13.0 Å². The molecule has 4 heteroatoms. The minimum atomic E-state index is 0.730. The molecule has 4 nitrogen and oxygen atoms in total. The van der Waals surface area contributed by atoms with Crippen LogP contribution >= 0.6 is 0 Å². The summed E-state index contributed by atoms with van der Waals surface area (Å²) in [4.78, 5) is 5.43. The van der Waals surface area contributed by atoms with Crippen LogP contribution in [0.1, 0.15) is 12.0 Å². The summed E-state index contributed by atoms with van der Waals surface area (Å²) in [5.74, 6) is 0.861. The number of methoxy groups -OCH3 is 1. The summed E-state index contributed by atoms with van der Waals surface area (Å²) < 4.78 is 5.27. The maximum Gasteiger partial charge on any atom is 0.123 e. The van der Waals surface area contributed by atoms with E-state index < -0.39 is 0 Å². The van der Waals surface area contributed by atoms with E-state index in [9.17, 15) is 0 Å². The molecule has 0 radical (unpaired) electrons. The molecule has 1 aliphatic rings. The van der Waals surface area contributed by atoms with E-state index in [-0.39, 0.29) is 0 Å². The number of rotatable bonds is 3. The second-order valence-electron chi connectivity index (χ2n) is 3.62. The zero-order valence-corrected chi connectivity index (χ0v) is 8.90. The molecule has 1 saturated heterocycles. The van der Waals surface area contributed by atoms with Crippen molar-refractivity contribution in [3.63, 3.8) is 0 Å². The predicted molar refractivity (Wildman–Crippen MR) is 58.4 cm³/mol. The Labute approximate surface area is 89.5 Å². The zero-order valence-electron chi connectivity index (χ0n) is 8.90. The van der Waals surface area contributed by atoms with Crippen LogP contribution in [-0.2, 0) is 11.4 Å². The van der Waals surface area contributed by atoms with Gasteiger partial charge in [0.25, 0.3) is 0 Å². The van der Waals surface area contributed by atoms with Crippen molar-refractivity contribution in [2.24, 2.45) is 0 Å². The lowest BCUT2D eigenvalue weighted by Crippen LogP contribution is -2.17. The normalized spacial score (nSPS) is 16.9. The van der Waals surface area contributed by atoms with Gasteiger partial charge in [0.15, 0.2) is 0 Å². The van der Waals surface area contributed by atoms with Gasteiger partial charge in [0.05, 0.1) is 20.3 Å². The van der Waals surface area contributed by atoms with Crippen LogP contribution in [0.15, 0.2) is 18.2 Å². The number of nitrogen functional groups attached to an aromatic ring is 1. The number of hydrogen-bond acceptors (Lipinski definition) is 4. The summed E-state index contributed by atoms with van der Waals surface area (Å²) in [6.07, 6.45) is 1.09. The molecule has 15 heavy (non-hydrogen) atoms. The number of nitrogens with two attached hydrogens (primary N) is 1. The Bertz CT molecular complexity index is 335. The van der Waals surface area contributed by atoms with Crippen molar-refractivity contribution >= 4 is 5.69 Å². The third kappa shape index (κ3) is 2.40. The monoisotopic (exact) mass is 208 g/mol. The average Bonchev–Trinajstić information content (AvgIpc) is 2.71. The van der Waals surface area contributed by atoms with Crippen molar-refractivity contribution in [2.75, 3.05) is 26.0 Å². The van der Waals surface area contributed by atoms with Gasteiger partial charge in [-0.15, -0.1) is 0 Å². The fourth-order valence-corrected chi connectivity index (χ4v) is 1.74. The molecule has 2 rings (SSSR count). The Morgan fingerprint density at radius 3 is 3.07 bits per heavy atom. The molecule has 1 aliphatic heterocycles. The number of anilines is 1. The topological polar surface area (TPSA) is 47.7 Å². The van der Waals surface area contributed by atoms with E-state index in [2.05, 4.69) is 0 Å². The fourth-order valence-electron chi connectivity index (χ4n) is 1.74. The first-order valence-electron chi connectivity index (χ1n) is 5.10. The minimum absolute atomic E-state index is 0.730. The highest BCUT2D eigenvalue weighted by atomic mass is 16.7. The maximum absolute atomic E-state index is 5.74. The third-order valence-electron chi connectivity index (χ3n) is 2.48. The second kappa shape index (κ2) is 4.51. The molecule has 0 atom stereocenters. The van der Waals surface area contributed by atoms with Gasteiger partial charge < -0.3 is 10.5 Å². The Balaban J connectivity index is 2.14. The van der Waals surface area contributed by atoms with Crippen molar-refractivity contribution < 1.29 is 9.57 Å². The van der Waals surface area contributed by atoms with E-state index in [1.807, 2.05) is 23.3 Å². The maximum atomic E-state index is 5.74. The summed E-state index contributed by atoms with van der Waals surface area (Å²) in [7, 11) is 1.67. The van der Waals surface area contributed by atoms with Gasteiger partial charge in [-0.2, -0.15) is 5.06 Å². The largest absolute Gasteiger partial charge is 0.496 e. The Morgan fingerprint density at radius 1 is 1.53 bits per heavy atom. The molecule has 82 valence electrons. The summed E-state index contributed by atoms with van der Waals surface area (Å²) in [5.41, 5.74) is 7.57. The molecule has 0 amide bonds. The van der Waals surface area contributed by atoms with Crippen LogP contribution in [-0.4, -0.2) is 25.3 Å². The third-order valence-corrected chi connectivity index (χ3v) is 2.48. The number of hydrogen-bond donors (Lipinski definition) is 1. The molecule has 0 saturated carbocycles. The van der Waals surface area contributed by atoms with Crippen LogP contribution in [0, 0.1) is 0 Å². The van der Waals surface area contributed by atoms with Gasteiger partial charge in [-0.25, -0.2) is 0 Å². The van der Waals surface area contributed by atoms with E-state index in [1.54, 1.807) is 7.11 Å². The molecular weight excluding hydrogens is 192 g/mol. The van der Waals surface area contributed by atoms with Crippen molar-refractivity contribution in [3.05, 3.63) is 23.8 Å². The number of ether oxygens (including phenoxy) is 1. The molecule has 0 aliphatic carbocycles. The van der Waals surface area contributed by atoms with Crippen LogP contribution in [0.5, 0.6) is 5.75 Å². The van der Waals surface area contributed by atoms with Crippen molar-refractivity contribution in [1.82, 2.24) is 5.06 Å². The molecule has 1 aromatic rings. The lowest BCUT2D eigenvalue weighted by atomic mass is 10.1. The zero-order chi connectivity index (χ0) is 10.7. The first-order valence-corrected chi connectivity index (χ1v) is 5.10. The molecule has 2 N–H and O–H groups in total.